The normalized spacial score (nSPS) is 34.9. The van der Waals surface area contributed by atoms with E-state index in [-0.39, 0.29) is 18.6 Å². The van der Waals surface area contributed by atoms with Crippen LogP contribution in [-0.4, -0.2) is 105 Å². The van der Waals surface area contributed by atoms with Crippen LogP contribution < -0.4 is 5.32 Å². The van der Waals surface area contributed by atoms with Gasteiger partial charge in [0.05, 0.1) is 35.6 Å². The molecule has 4 aliphatic rings. The average molecular weight is 808 g/mol. The molecule has 3 unspecified atom stereocenters. The number of Topliss-reactive ketones (excluding diaryl/α,β-unsaturated/α-hetero) is 2. The van der Waals surface area contributed by atoms with Crippen LogP contribution in [0.2, 0.25) is 0 Å². The van der Waals surface area contributed by atoms with Crippen molar-refractivity contribution in [2.45, 2.75) is 122 Å². The van der Waals surface area contributed by atoms with Gasteiger partial charge in [-0.2, -0.15) is 0 Å². The Labute approximate surface area is 336 Å². The van der Waals surface area contributed by atoms with Crippen LogP contribution in [-0.2, 0) is 42.9 Å². The lowest BCUT2D eigenvalue weighted by atomic mass is 9.42. The van der Waals surface area contributed by atoms with Crippen LogP contribution in [0.4, 0.5) is 4.79 Å². The van der Waals surface area contributed by atoms with E-state index in [9.17, 15) is 44.1 Å². The van der Waals surface area contributed by atoms with Gasteiger partial charge in [0.2, 0.25) is 11.6 Å². The number of esters is 3. The third kappa shape index (κ3) is 7.09. The monoisotopic (exact) mass is 807 g/mol. The van der Waals surface area contributed by atoms with Crippen molar-refractivity contribution in [3.63, 3.8) is 0 Å². The Morgan fingerprint density at radius 3 is 2.10 bits per heavy atom. The van der Waals surface area contributed by atoms with E-state index in [1.165, 1.54) is 19.1 Å². The van der Waals surface area contributed by atoms with Gasteiger partial charge in [0.1, 0.15) is 29.5 Å². The molecule has 1 saturated heterocycles. The summed E-state index contributed by atoms with van der Waals surface area (Å²) in [5, 5.41) is 39.3. The molecule has 3 saturated carbocycles. The second-order valence-corrected chi connectivity index (χ2v) is 17.9. The SMILES string of the molecule is CC(=O)O[C@@]12CO[C@@H]1C[C@H](O)[C@@]1(C)C(=O)C(=O)C3C(C)[C@@H](OC(=O)[C@H](O)[C@@H](NC(=O)OC(C)(C)C)c4ccccc4)C[C@@](O)([C@@H](OC(=O)c4ccccc4)C12)C3(C)C. The van der Waals surface area contributed by atoms with E-state index in [0.29, 0.717) is 5.56 Å². The number of alkyl carbamates (subject to hydrolysis) is 1. The number of hydrogen-bond donors (Lipinski definition) is 4. The lowest BCUT2D eigenvalue weighted by molar-refractivity contribution is -0.350. The highest BCUT2D eigenvalue weighted by molar-refractivity contribution is 6.40. The number of aliphatic hydroxyl groups is 3. The second-order valence-electron chi connectivity index (χ2n) is 17.9. The number of fused-ring (bicyclic) bond motifs is 5. The zero-order valence-corrected chi connectivity index (χ0v) is 33.9. The molecule has 0 radical (unpaired) electrons. The first-order valence-corrected chi connectivity index (χ1v) is 19.5. The molecule has 2 aromatic rings. The minimum atomic E-state index is -2.36. The van der Waals surface area contributed by atoms with Crippen molar-refractivity contribution in [2.24, 2.45) is 28.6 Å². The minimum Gasteiger partial charge on any atom is -0.460 e. The number of ether oxygens (including phenoxy) is 5. The maximum atomic E-state index is 14.9. The molecular weight excluding hydrogens is 754 g/mol. The summed E-state index contributed by atoms with van der Waals surface area (Å²) in [5.74, 6) is -8.93. The number of ketones is 2. The quantitative estimate of drug-likeness (QED) is 0.171. The maximum absolute atomic E-state index is 14.9. The third-order valence-corrected chi connectivity index (χ3v) is 12.9. The molecule has 1 heterocycles. The van der Waals surface area contributed by atoms with Crippen LogP contribution in [0.1, 0.15) is 90.2 Å². The molecule has 2 bridgehead atoms. The van der Waals surface area contributed by atoms with Crippen molar-refractivity contribution < 1.29 is 67.8 Å². The Morgan fingerprint density at radius 1 is 0.948 bits per heavy atom. The smallest absolute Gasteiger partial charge is 0.408 e. The van der Waals surface area contributed by atoms with E-state index in [4.69, 9.17) is 23.7 Å². The summed E-state index contributed by atoms with van der Waals surface area (Å²) in [6.07, 6.45) is -9.48. The number of benzene rings is 2. The van der Waals surface area contributed by atoms with E-state index in [2.05, 4.69) is 5.32 Å². The summed E-state index contributed by atoms with van der Waals surface area (Å²) < 4.78 is 29.5. The molecule has 0 spiro atoms. The van der Waals surface area contributed by atoms with Crippen molar-refractivity contribution >= 4 is 35.6 Å². The second kappa shape index (κ2) is 15.2. The van der Waals surface area contributed by atoms with Gasteiger partial charge in [0.25, 0.3) is 0 Å². The van der Waals surface area contributed by atoms with Gasteiger partial charge in [-0.1, -0.05) is 69.3 Å². The van der Waals surface area contributed by atoms with Crippen molar-refractivity contribution in [2.75, 3.05) is 6.61 Å². The topological polar surface area (TPSA) is 221 Å². The van der Waals surface area contributed by atoms with Crippen molar-refractivity contribution in [1.82, 2.24) is 5.32 Å². The van der Waals surface area contributed by atoms with E-state index >= 15 is 0 Å². The fourth-order valence-corrected chi connectivity index (χ4v) is 9.87. The Balaban J connectivity index is 1.46. The standard InChI is InChI=1S/C43H53NO14/c1-22-26(55-37(51)32(48)30(24-15-11-9-12-16-24)44-38(52)58-39(3,4)5)20-43(53)35(56-36(50)25-17-13-10-14-18-25)33-41(8,34(49)31(47)29(22)40(43,6)7)27(46)19-28-42(33,21-54-28)57-23(2)45/h9-18,22,26-30,32-33,35,46,48,53H,19-21H2,1-8H3,(H,44,52)/t22?,26-,27-,28+,29?,30-,32+,33?,35-,41+,42-,43+/m0/s1. The molecule has 12 atom stereocenters. The van der Waals surface area contributed by atoms with Crippen LogP contribution in [0.15, 0.2) is 60.7 Å². The first-order valence-electron chi connectivity index (χ1n) is 19.5. The lowest BCUT2D eigenvalue weighted by Crippen LogP contribution is -2.82. The molecule has 0 aromatic heterocycles. The van der Waals surface area contributed by atoms with Crippen LogP contribution >= 0.6 is 0 Å². The van der Waals surface area contributed by atoms with Crippen LogP contribution in [0.25, 0.3) is 0 Å². The summed E-state index contributed by atoms with van der Waals surface area (Å²) in [6.45, 7) is 11.8. The number of rotatable bonds is 8. The van der Waals surface area contributed by atoms with Crippen LogP contribution in [0, 0.1) is 28.6 Å². The minimum absolute atomic E-state index is 0.0747. The van der Waals surface area contributed by atoms with Gasteiger partial charge >= 0.3 is 24.0 Å². The van der Waals surface area contributed by atoms with E-state index < -0.39 is 124 Å². The molecule has 1 aliphatic heterocycles. The van der Waals surface area contributed by atoms with Crippen molar-refractivity contribution in [3.05, 3.63) is 71.8 Å². The molecule has 15 heteroatoms. The molecule has 4 N–H and O–H groups in total. The maximum Gasteiger partial charge on any atom is 0.408 e. The number of amides is 1. The van der Waals surface area contributed by atoms with Gasteiger partial charge in [0, 0.05) is 37.0 Å². The summed E-state index contributed by atoms with van der Waals surface area (Å²) in [5.41, 5.74) is -8.31. The molecule has 58 heavy (non-hydrogen) atoms. The number of nitrogens with one attached hydrogen (secondary N) is 1. The number of carbonyl (C=O) groups excluding carboxylic acids is 6. The Kier molecular flexibility index (Phi) is 11.2. The number of aliphatic hydroxyl groups excluding tert-OH is 2. The molecule has 3 aliphatic carbocycles. The summed E-state index contributed by atoms with van der Waals surface area (Å²) in [7, 11) is 0. The van der Waals surface area contributed by atoms with E-state index in [0.717, 1.165) is 6.92 Å². The Morgan fingerprint density at radius 2 is 1.55 bits per heavy atom. The number of carbonyl (C=O) groups is 6. The molecule has 1 amide bonds. The predicted octanol–water partition coefficient (Wildman–Crippen LogP) is 3.40. The predicted molar refractivity (Wildman–Crippen MR) is 203 cm³/mol. The van der Waals surface area contributed by atoms with Crippen molar-refractivity contribution in [3.8, 4) is 0 Å². The zero-order chi connectivity index (χ0) is 42.7. The fourth-order valence-electron chi connectivity index (χ4n) is 9.87. The van der Waals surface area contributed by atoms with Crippen LogP contribution in [0.3, 0.4) is 0 Å². The van der Waals surface area contributed by atoms with Gasteiger partial charge in [-0.05, 0) is 45.4 Å². The molecular formula is C43H53NO14. The van der Waals surface area contributed by atoms with Gasteiger partial charge in [-0.15, -0.1) is 0 Å². The van der Waals surface area contributed by atoms with E-state index in [1.54, 1.807) is 90.1 Å². The first-order chi connectivity index (χ1) is 27.0. The lowest BCUT2D eigenvalue weighted by Gasteiger charge is -2.67. The first kappa shape index (κ1) is 42.9. The largest absolute Gasteiger partial charge is 0.460 e. The molecule has 6 rings (SSSR count). The summed E-state index contributed by atoms with van der Waals surface area (Å²) >= 11 is 0. The Hall–Kier alpha value is -4.70. The average Bonchev–Trinajstić information content (AvgIpc) is 3.14. The molecule has 4 fully saturated rings. The molecule has 15 nitrogen and oxygen atoms in total. The number of hydrogen-bond acceptors (Lipinski definition) is 14. The Bertz CT molecular complexity index is 1950. The van der Waals surface area contributed by atoms with Gasteiger partial charge < -0.3 is 44.3 Å². The summed E-state index contributed by atoms with van der Waals surface area (Å²) in [4.78, 5) is 83.6. The molecule has 314 valence electrons. The van der Waals surface area contributed by atoms with E-state index in [1.807, 2.05) is 0 Å². The van der Waals surface area contributed by atoms with Gasteiger partial charge in [0.15, 0.2) is 11.7 Å². The van der Waals surface area contributed by atoms with Crippen molar-refractivity contribution in [1.29, 1.82) is 0 Å². The highest BCUT2D eigenvalue weighted by atomic mass is 16.6. The van der Waals surface area contributed by atoms with Crippen LogP contribution in [0.5, 0.6) is 0 Å². The van der Waals surface area contributed by atoms with Gasteiger partial charge in [-0.3, -0.25) is 14.4 Å². The summed E-state index contributed by atoms with van der Waals surface area (Å²) in [6, 6.07) is 14.6. The highest BCUT2D eigenvalue weighted by Gasteiger charge is 2.79. The van der Waals surface area contributed by atoms with Gasteiger partial charge in [-0.25, -0.2) is 14.4 Å². The fraction of sp³-hybridized carbons (Fsp3) is 0.581. The zero-order valence-electron chi connectivity index (χ0n) is 33.9. The third-order valence-electron chi connectivity index (χ3n) is 12.9. The molecule has 2 aromatic carbocycles. The highest BCUT2D eigenvalue weighted by Crippen LogP contribution is 2.64.